The molecule has 1 fully saturated rings. The molecular formula is C24H30N4O4S. The Bertz CT molecular complexity index is 1250. The number of amides is 1. The molecule has 8 nitrogen and oxygen atoms in total. The Hall–Kier alpha value is -2.91. The number of hydrogen-bond acceptors (Lipinski definition) is 5. The van der Waals surface area contributed by atoms with Gasteiger partial charge in [-0.15, -0.1) is 0 Å². The highest BCUT2D eigenvalue weighted by atomic mass is 32.2. The van der Waals surface area contributed by atoms with Crippen LogP contribution in [0.5, 0.6) is 5.75 Å². The number of carbonyl (C=O) groups excluding carboxylic acids is 1. The topological polar surface area (TPSA) is 93.5 Å². The van der Waals surface area contributed by atoms with Gasteiger partial charge in [0.1, 0.15) is 11.6 Å². The van der Waals surface area contributed by atoms with E-state index in [0.717, 1.165) is 41.9 Å². The SMILES string of the molecule is COc1ccccc1CNC(=O)CCc1nc2cc(S(=O)(=O)N3CCCCC3)ccc2n1C. The highest BCUT2D eigenvalue weighted by molar-refractivity contribution is 7.89. The second-order valence-corrected chi connectivity index (χ2v) is 10.2. The minimum Gasteiger partial charge on any atom is -0.496 e. The summed E-state index contributed by atoms with van der Waals surface area (Å²) in [5, 5.41) is 2.92. The average molecular weight is 471 g/mol. The van der Waals surface area contributed by atoms with Gasteiger partial charge in [0, 0.05) is 45.1 Å². The molecule has 9 heteroatoms. The normalized spacial score (nSPS) is 15.0. The Morgan fingerprint density at radius 2 is 1.88 bits per heavy atom. The number of nitrogens with zero attached hydrogens (tertiary/aromatic N) is 3. The zero-order chi connectivity index (χ0) is 23.4. The third-order valence-electron chi connectivity index (χ3n) is 6.14. The number of methoxy groups -OCH3 is 1. The molecule has 0 aliphatic carbocycles. The molecule has 2 aromatic carbocycles. The van der Waals surface area contributed by atoms with Gasteiger partial charge in [0.25, 0.3) is 0 Å². The molecule has 1 aliphatic rings. The van der Waals surface area contributed by atoms with E-state index in [9.17, 15) is 13.2 Å². The molecule has 0 saturated carbocycles. The molecule has 1 aromatic heterocycles. The number of fused-ring (bicyclic) bond motifs is 1. The summed E-state index contributed by atoms with van der Waals surface area (Å²) in [6.45, 7) is 1.53. The van der Waals surface area contributed by atoms with Crippen molar-refractivity contribution in [3.05, 3.63) is 53.9 Å². The van der Waals surface area contributed by atoms with Crippen LogP contribution in [0.3, 0.4) is 0 Å². The second kappa shape index (κ2) is 9.93. The lowest BCUT2D eigenvalue weighted by atomic mass is 10.2. The molecule has 33 heavy (non-hydrogen) atoms. The molecule has 3 aromatic rings. The number of hydrogen-bond donors (Lipinski definition) is 1. The van der Waals surface area contributed by atoms with E-state index < -0.39 is 10.0 Å². The van der Waals surface area contributed by atoms with Crippen molar-refractivity contribution in [3.8, 4) is 5.75 Å². The number of rotatable bonds is 8. The van der Waals surface area contributed by atoms with Gasteiger partial charge in [0.2, 0.25) is 15.9 Å². The largest absolute Gasteiger partial charge is 0.496 e. The molecule has 4 rings (SSSR count). The summed E-state index contributed by atoms with van der Waals surface area (Å²) in [7, 11) is -0.0207. The smallest absolute Gasteiger partial charge is 0.243 e. The van der Waals surface area contributed by atoms with Gasteiger partial charge >= 0.3 is 0 Å². The predicted octanol–water partition coefficient (Wildman–Crippen LogP) is 3.01. The molecular weight excluding hydrogens is 440 g/mol. The standard InChI is InChI=1S/C24H30N4O4S/c1-27-21-11-10-19(33(30,31)28-14-6-3-7-15-28)16-20(21)26-23(27)12-13-24(29)25-17-18-8-4-5-9-22(18)32-2/h4-5,8-11,16H,3,6-7,12-15,17H2,1-2H3,(H,25,29). The van der Waals surface area contributed by atoms with Gasteiger partial charge in [0.15, 0.2) is 0 Å². The molecule has 0 bridgehead atoms. The van der Waals surface area contributed by atoms with Crippen molar-refractivity contribution < 1.29 is 17.9 Å². The van der Waals surface area contributed by atoms with Gasteiger partial charge in [-0.2, -0.15) is 4.31 Å². The fourth-order valence-electron chi connectivity index (χ4n) is 4.22. The molecule has 0 atom stereocenters. The summed E-state index contributed by atoms with van der Waals surface area (Å²) < 4.78 is 34.8. The zero-order valence-electron chi connectivity index (χ0n) is 19.1. The Morgan fingerprint density at radius 3 is 2.64 bits per heavy atom. The lowest BCUT2D eigenvalue weighted by molar-refractivity contribution is -0.121. The summed E-state index contributed by atoms with van der Waals surface area (Å²) in [6.07, 6.45) is 3.60. The van der Waals surface area contributed by atoms with Gasteiger partial charge in [0.05, 0.1) is 23.0 Å². The molecule has 0 spiro atoms. The van der Waals surface area contributed by atoms with Gasteiger partial charge in [-0.1, -0.05) is 24.6 Å². The first kappa shape index (κ1) is 23.3. The van der Waals surface area contributed by atoms with Crippen LogP contribution in [0.4, 0.5) is 0 Å². The van der Waals surface area contributed by atoms with Crippen LogP contribution in [-0.2, 0) is 34.8 Å². The number of aryl methyl sites for hydroxylation is 2. The van der Waals surface area contributed by atoms with Crippen LogP contribution in [0.1, 0.15) is 37.1 Å². The minimum atomic E-state index is -3.51. The van der Waals surface area contributed by atoms with Crippen LogP contribution in [0, 0.1) is 0 Å². The van der Waals surface area contributed by atoms with Crippen LogP contribution in [-0.4, -0.2) is 48.4 Å². The Labute approximate surface area is 194 Å². The fraction of sp³-hybridized carbons (Fsp3) is 0.417. The van der Waals surface area contributed by atoms with Crippen LogP contribution >= 0.6 is 0 Å². The molecule has 1 N–H and O–H groups in total. The fourth-order valence-corrected chi connectivity index (χ4v) is 5.76. The molecule has 176 valence electrons. The Balaban J connectivity index is 1.43. The van der Waals surface area contributed by atoms with Crippen LogP contribution in [0.2, 0.25) is 0 Å². The highest BCUT2D eigenvalue weighted by Gasteiger charge is 2.26. The Kier molecular flexibility index (Phi) is 6.99. The van der Waals surface area contributed by atoms with E-state index in [1.54, 1.807) is 29.6 Å². The first-order valence-electron chi connectivity index (χ1n) is 11.2. The van der Waals surface area contributed by atoms with Crippen LogP contribution in [0.25, 0.3) is 11.0 Å². The van der Waals surface area contributed by atoms with Crippen LogP contribution in [0.15, 0.2) is 47.4 Å². The lowest BCUT2D eigenvalue weighted by Crippen LogP contribution is -2.35. The quantitative estimate of drug-likeness (QED) is 0.546. The van der Waals surface area contributed by atoms with E-state index in [4.69, 9.17) is 4.74 Å². The summed E-state index contributed by atoms with van der Waals surface area (Å²) in [4.78, 5) is 17.3. The highest BCUT2D eigenvalue weighted by Crippen LogP contribution is 2.25. The molecule has 0 radical (unpaired) electrons. The van der Waals surface area contributed by atoms with Gasteiger partial charge in [-0.25, -0.2) is 13.4 Å². The molecule has 1 amide bonds. The molecule has 1 aliphatic heterocycles. The first-order valence-corrected chi connectivity index (χ1v) is 12.7. The first-order chi connectivity index (χ1) is 15.9. The molecule has 2 heterocycles. The number of benzene rings is 2. The van der Waals surface area contributed by atoms with E-state index in [-0.39, 0.29) is 17.2 Å². The third kappa shape index (κ3) is 5.04. The molecule has 1 saturated heterocycles. The van der Waals surface area contributed by atoms with Crippen molar-refractivity contribution in [2.45, 2.75) is 43.5 Å². The van der Waals surface area contributed by atoms with E-state index in [2.05, 4.69) is 10.3 Å². The number of para-hydroxylation sites is 1. The number of sulfonamides is 1. The Morgan fingerprint density at radius 1 is 1.12 bits per heavy atom. The predicted molar refractivity (Wildman–Crippen MR) is 126 cm³/mol. The lowest BCUT2D eigenvalue weighted by Gasteiger charge is -2.25. The number of carbonyl (C=O) groups is 1. The second-order valence-electron chi connectivity index (χ2n) is 8.29. The van der Waals surface area contributed by atoms with Gasteiger partial charge in [-0.05, 0) is 37.1 Å². The van der Waals surface area contributed by atoms with Crippen molar-refractivity contribution in [1.29, 1.82) is 0 Å². The van der Waals surface area contributed by atoms with E-state index in [1.807, 2.05) is 35.9 Å². The minimum absolute atomic E-state index is 0.0821. The number of ether oxygens (including phenoxy) is 1. The number of piperidine rings is 1. The summed E-state index contributed by atoms with van der Waals surface area (Å²) in [5.74, 6) is 1.40. The van der Waals surface area contributed by atoms with Crippen molar-refractivity contribution in [3.63, 3.8) is 0 Å². The summed E-state index contributed by atoms with van der Waals surface area (Å²) in [5.41, 5.74) is 2.38. The van der Waals surface area contributed by atoms with Crippen molar-refractivity contribution in [2.75, 3.05) is 20.2 Å². The number of imidazole rings is 1. The van der Waals surface area contributed by atoms with E-state index >= 15 is 0 Å². The summed E-state index contributed by atoms with van der Waals surface area (Å²) in [6, 6.07) is 12.7. The number of nitrogens with one attached hydrogen (secondary N) is 1. The average Bonchev–Trinajstić information content (AvgIpc) is 3.16. The monoisotopic (exact) mass is 470 g/mol. The van der Waals surface area contributed by atoms with Gasteiger partial charge in [-0.3, -0.25) is 4.79 Å². The maximum atomic E-state index is 13.0. The van der Waals surface area contributed by atoms with Gasteiger partial charge < -0.3 is 14.6 Å². The third-order valence-corrected chi connectivity index (χ3v) is 8.04. The maximum absolute atomic E-state index is 13.0. The molecule has 0 unspecified atom stereocenters. The van der Waals surface area contributed by atoms with E-state index in [1.165, 1.54) is 0 Å². The number of aromatic nitrogens is 2. The maximum Gasteiger partial charge on any atom is 0.243 e. The van der Waals surface area contributed by atoms with E-state index in [0.29, 0.717) is 31.6 Å². The van der Waals surface area contributed by atoms with Crippen molar-refractivity contribution in [1.82, 2.24) is 19.2 Å². The van der Waals surface area contributed by atoms with Crippen molar-refractivity contribution >= 4 is 27.0 Å². The zero-order valence-corrected chi connectivity index (χ0v) is 19.9. The van der Waals surface area contributed by atoms with Crippen LogP contribution < -0.4 is 10.1 Å². The van der Waals surface area contributed by atoms with Crippen molar-refractivity contribution in [2.24, 2.45) is 7.05 Å². The summed E-state index contributed by atoms with van der Waals surface area (Å²) >= 11 is 0.